The molecule has 0 aliphatic rings. The number of carbonyl (C=O) groups is 2. The molecule has 0 amide bonds. The standard InChI is InChI=1S/2C27H54O3/c1-4-7-9-10-13-16-20-26(23-28)21-17-14-11-12-15-18-22-27(29)30-24-25(6-3)19-8-5-2;1-4-7-9-10-11-13-16-20-26(23-28)21-17-14-12-15-18-22-27(29)30-24-25(6-3)19-8-5-2/h2*25-26,28H,4-24H2,1-3H3. The highest BCUT2D eigenvalue weighted by molar-refractivity contribution is 5.69. The lowest BCUT2D eigenvalue weighted by molar-refractivity contribution is -0.146. The molecule has 0 rings (SSSR count). The zero-order chi connectivity index (χ0) is 44.6. The lowest BCUT2D eigenvalue weighted by Gasteiger charge is -2.14. The summed E-state index contributed by atoms with van der Waals surface area (Å²) >= 11 is 0. The van der Waals surface area contributed by atoms with Crippen molar-refractivity contribution >= 4 is 11.9 Å². The molecule has 0 saturated carbocycles. The minimum atomic E-state index is -0.0139. The van der Waals surface area contributed by atoms with Gasteiger partial charge >= 0.3 is 11.9 Å². The average Bonchev–Trinajstić information content (AvgIpc) is 3.26. The topological polar surface area (TPSA) is 93.1 Å². The van der Waals surface area contributed by atoms with Crippen molar-refractivity contribution in [1.29, 1.82) is 0 Å². The SMILES string of the molecule is CCCCCCCCC(CO)CCCCCCCCC(=O)OCC(CC)CCCC.CCCCCCCCCC(CO)CCCCCCCC(=O)OCC(CC)CCCC. The first kappa shape index (κ1) is 60.9. The highest BCUT2D eigenvalue weighted by atomic mass is 16.5. The molecule has 60 heavy (non-hydrogen) atoms. The van der Waals surface area contributed by atoms with E-state index in [0.29, 0.717) is 62.9 Å². The minimum absolute atomic E-state index is 0.00886. The molecule has 0 saturated heterocycles. The molecule has 6 heteroatoms. The van der Waals surface area contributed by atoms with E-state index in [2.05, 4.69) is 41.5 Å². The number of aliphatic hydroxyl groups excluding tert-OH is 2. The molecule has 0 aliphatic carbocycles. The van der Waals surface area contributed by atoms with Crippen LogP contribution in [0.3, 0.4) is 0 Å². The van der Waals surface area contributed by atoms with Crippen molar-refractivity contribution in [2.75, 3.05) is 26.4 Å². The number of ether oxygens (including phenoxy) is 2. The van der Waals surface area contributed by atoms with Crippen molar-refractivity contribution in [2.24, 2.45) is 23.7 Å². The first-order chi connectivity index (χ1) is 29.3. The second-order valence-corrected chi connectivity index (χ2v) is 18.7. The van der Waals surface area contributed by atoms with E-state index in [9.17, 15) is 19.8 Å². The summed E-state index contributed by atoms with van der Waals surface area (Å²) in [6.45, 7) is 15.2. The van der Waals surface area contributed by atoms with Crippen LogP contribution in [0.5, 0.6) is 0 Å². The molecule has 0 heterocycles. The van der Waals surface area contributed by atoms with Crippen LogP contribution in [0.2, 0.25) is 0 Å². The van der Waals surface area contributed by atoms with Crippen molar-refractivity contribution in [3.63, 3.8) is 0 Å². The molecule has 2 N–H and O–H groups in total. The van der Waals surface area contributed by atoms with Crippen molar-refractivity contribution in [3.05, 3.63) is 0 Å². The zero-order valence-electron chi connectivity index (χ0n) is 41.5. The van der Waals surface area contributed by atoms with Crippen LogP contribution in [-0.4, -0.2) is 48.6 Å². The number of esters is 2. The van der Waals surface area contributed by atoms with E-state index in [1.165, 1.54) is 186 Å². The first-order valence-electron chi connectivity index (χ1n) is 26.9. The largest absolute Gasteiger partial charge is 0.465 e. The van der Waals surface area contributed by atoms with Crippen molar-refractivity contribution in [1.82, 2.24) is 0 Å². The highest BCUT2D eigenvalue weighted by Crippen LogP contribution is 2.21. The smallest absolute Gasteiger partial charge is 0.305 e. The lowest BCUT2D eigenvalue weighted by atomic mass is 9.95. The van der Waals surface area contributed by atoms with Crippen LogP contribution in [0.25, 0.3) is 0 Å². The predicted molar refractivity (Wildman–Crippen MR) is 260 cm³/mol. The number of unbranched alkanes of at least 4 members (excludes halogenated alkanes) is 22. The summed E-state index contributed by atoms with van der Waals surface area (Å²) in [4.78, 5) is 23.8. The zero-order valence-corrected chi connectivity index (χ0v) is 41.5. The Labute approximate surface area is 375 Å². The summed E-state index contributed by atoms with van der Waals surface area (Å²) in [7, 11) is 0. The number of hydrogen-bond acceptors (Lipinski definition) is 6. The molecule has 6 nitrogen and oxygen atoms in total. The van der Waals surface area contributed by atoms with Gasteiger partial charge in [-0.05, 0) is 75.0 Å². The van der Waals surface area contributed by atoms with Crippen LogP contribution in [-0.2, 0) is 19.1 Å². The van der Waals surface area contributed by atoms with Crippen molar-refractivity contribution in [2.45, 2.75) is 286 Å². The Morgan fingerprint density at radius 3 is 0.850 bits per heavy atom. The van der Waals surface area contributed by atoms with Gasteiger partial charge in [0.05, 0.1) is 13.2 Å². The molecule has 0 bridgehead atoms. The summed E-state index contributed by atoms with van der Waals surface area (Å²) in [5, 5.41) is 19.2. The lowest BCUT2D eigenvalue weighted by Crippen LogP contribution is -2.13. The Bertz CT molecular complexity index is 848. The van der Waals surface area contributed by atoms with Gasteiger partial charge < -0.3 is 19.7 Å². The van der Waals surface area contributed by atoms with Gasteiger partial charge in [-0.25, -0.2) is 0 Å². The Morgan fingerprint density at radius 1 is 0.333 bits per heavy atom. The molecule has 0 radical (unpaired) electrons. The predicted octanol–water partition coefficient (Wildman–Crippen LogP) is 16.5. The Hall–Kier alpha value is -1.14. The van der Waals surface area contributed by atoms with E-state index < -0.39 is 0 Å². The maximum absolute atomic E-state index is 11.9. The van der Waals surface area contributed by atoms with Gasteiger partial charge in [-0.15, -0.1) is 0 Å². The number of aliphatic hydroxyl groups is 2. The third-order valence-electron chi connectivity index (χ3n) is 13.0. The van der Waals surface area contributed by atoms with E-state index >= 15 is 0 Å². The Morgan fingerprint density at radius 2 is 0.583 bits per heavy atom. The van der Waals surface area contributed by atoms with E-state index in [-0.39, 0.29) is 11.9 Å². The van der Waals surface area contributed by atoms with Gasteiger partial charge in [-0.1, -0.05) is 221 Å². The van der Waals surface area contributed by atoms with E-state index in [4.69, 9.17) is 9.47 Å². The molecular formula is C54H108O6. The summed E-state index contributed by atoms with van der Waals surface area (Å²) in [5.74, 6) is 2.06. The quantitative estimate of drug-likeness (QED) is 0.0468. The Kier molecular flexibility index (Phi) is 51.3. The van der Waals surface area contributed by atoms with E-state index in [1.807, 2.05) is 0 Å². The Balaban J connectivity index is 0. The maximum atomic E-state index is 11.9. The summed E-state index contributed by atoms with van der Waals surface area (Å²) in [6.07, 6.45) is 45.5. The number of carbonyl (C=O) groups excluding carboxylic acids is 2. The fourth-order valence-electron chi connectivity index (χ4n) is 8.26. The molecule has 0 aromatic heterocycles. The molecule has 0 fully saturated rings. The van der Waals surface area contributed by atoms with Crippen LogP contribution in [0.1, 0.15) is 286 Å². The number of rotatable bonds is 46. The van der Waals surface area contributed by atoms with Crippen LogP contribution in [0.15, 0.2) is 0 Å². The van der Waals surface area contributed by atoms with Gasteiger partial charge in [-0.3, -0.25) is 9.59 Å². The van der Waals surface area contributed by atoms with Crippen molar-refractivity contribution < 1.29 is 29.3 Å². The van der Waals surface area contributed by atoms with Crippen LogP contribution < -0.4 is 0 Å². The van der Waals surface area contributed by atoms with Crippen LogP contribution in [0, 0.1) is 23.7 Å². The van der Waals surface area contributed by atoms with Crippen LogP contribution in [0.4, 0.5) is 0 Å². The molecule has 0 aromatic rings. The van der Waals surface area contributed by atoms with Gasteiger partial charge in [0, 0.05) is 26.1 Å². The second-order valence-electron chi connectivity index (χ2n) is 18.7. The van der Waals surface area contributed by atoms with Gasteiger partial charge in [0.1, 0.15) is 0 Å². The third-order valence-corrected chi connectivity index (χ3v) is 13.0. The van der Waals surface area contributed by atoms with Crippen LogP contribution >= 0.6 is 0 Å². The summed E-state index contributed by atoms with van der Waals surface area (Å²) < 4.78 is 10.9. The molecule has 360 valence electrons. The summed E-state index contributed by atoms with van der Waals surface area (Å²) in [5.41, 5.74) is 0. The van der Waals surface area contributed by atoms with Gasteiger partial charge in [0.25, 0.3) is 0 Å². The molecule has 0 spiro atoms. The monoisotopic (exact) mass is 853 g/mol. The molecule has 0 aromatic carbocycles. The average molecular weight is 853 g/mol. The van der Waals surface area contributed by atoms with E-state index in [0.717, 1.165) is 44.9 Å². The fourth-order valence-corrected chi connectivity index (χ4v) is 8.26. The molecule has 4 unspecified atom stereocenters. The van der Waals surface area contributed by atoms with Gasteiger partial charge in [0.2, 0.25) is 0 Å². The third kappa shape index (κ3) is 44.9. The molecule has 4 atom stereocenters. The molecule has 0 aliphatic heterocycles. The first-order valence-corrected chi connectivity index (χ1v) is 26.9. The van der Waals surface area contributed by atoms with Crippen molar-refractivity contribution in [3.8, 4) is 0 Å². The van der Waals surface area contributed by atoms with Gasteiger partial charge in [0.15, 0.2) is 0 Å². The number of hydrogen-bond donors (Lipinski definition) is 2. The maximum Gasteiger partial charge on any atom is 0.305 e. The van der Waals surface area contributed by atoms with Gasteiger partial charge in [-0.2, -0.15) is 0 Å². The minimum Gasteiger partial charge on any atom is -0.465 e. The molecular weight excluding hydrogens is 745 g/mol. The summed E-state index contributed by atoms with van der Waals surface area (Å²) in [6, 6.07) is 0. The normalized spacial score (nSPS) is 13.3. The second kappa shape index (κ2) is 50.5. The fraction of sp³-hybridized carbons (Fsp3) is 0.963. The van der Waals surface area contributed by atoms with E-state index in [1.54, 1.807) is 0 Å². The highest BCUT2D eigenvalue weighted by Gasteiger charge is 2.12.